The molecule has 1 aliphatic rings. The average molecular weight is 718 g/mol. The maximum Gasteiger partial charge on any atom is 0.126 e. The van der Waals surface area contributed by atoms with Crippen LogP contribution in [0.1, 0.15) is 24.0 Å². The molecule has 5 heterocycles. The summed E-state index contributed by atoms with van der Waals surface area (Å²) in [6, 6.07) is 58.3. The van der Waals surface area contributed by atoms with Crippen LogP contribution in [0.3, 0.4) is 0 Å². The van der Waals surface area contributed by atoms with Gasteiger partial charge in [-0.2, -0.15) is 0 Å². The summed E-state index contributed by atoms with van der Waals surface area (Å²) in [7, 11) is 0. The fraction of sp³-hybridized carbons (Fsp3) is 0.0392. The highest BCUT2D eigenvalue weighted by molar-refractivity contribution is 7.23. The lowest BCUT2D eigenvalue weighted by Crippen LogP contribution is -2.05. The number of aromatic nitrogens is 2. The summed E-state index contributed by atoms with van der Waals surface area (Å²) < 4.78 is 6.38. The number of hydrogen-bond donors (Lipinski definition) is 0. The van der Waals surface area contributed by atoms with Crippen LogP contribution in [-0.2, 0) is 0 Å². The Morgan fingerprint density at radius 1 is 0.491 bits per heavy atom. The molecule has 0 saturated carbocycles. The van der Waals surface area contributed by atoms with Crippen LogP contribution in [0.5, 0.6) is 0 Å². The normalized spacial score (nSPS) is 13.9. The Morgan fingerprint density at radius 3 is 2.05 bits per heavy atom. The molecule has 8 aromatic carbocycles. The molecule has 3 nitrogen and oxygen atoms in total. The van der Waals surface area contributed by atoms with Crippen LogP contribution in [0.15, 0.2) is 169 Å². The topological polar surface area (TPSA) is 21.7 Å². The molecule has 1 aliphatic heterocycles. The molecule has 0 spiro atoms. The fourth-order valence-corrected chi connectivity index (χ4v) is 10.9. The van der Waals surface area contributed by atoms with E-state index in [0.717, 1.165) is 23.6 Å². The third-order valence-corrected chi connectivity index (χ3v) is 13.2. The van der Waals surface area contributed by atoms with Gasteiger partial charge < -0.3 is 8.97 Å². The van der Waals surface area contributed by atoms with Gasteiger partial charge in [0, 0.05) is 53.7 Å². The monoisotopic (exact) mass is 717 g/mol. The van der Waals surface area contributed by atoms with Crippen molar-refractivity contribution in [3.63, 3.8) is 0 Å². The van der Waals surface area contributed by atoms with Crippen LogP contribution >= 0.6 is 11.3 Å². The maximum absolute atomic E-state index is 5.63. The molecule has 4 heteroatoms. The van der Waals surface area contributed by atoms with Gasteiger partial charge in [-0.15, -0.1) is 11.3 Å². The first-order valence-electron chi connectivity index (χ1n) is 19.1. The van der Waals surface area contributed by atoms with E-state index in [2.05, 4.69) is 173 Å². The lowest BCUT2D eigenvalue weighted by atomic mass is 9.99. The third kappa shape index (κ3) is 3.96. The molecule has 0 N–H and O–H groups in total. The summed E-state index contributed by atoms with van der Waals surface area (Å²) >= 11 is 1.81. The van der Waals surface area contributed by atoms with Crippen molar-refractivity contribution in [1.82, 2.24) is 8.97 Å². The van der Waals surface area contributed by atoms with Crippen LogP contribution in [0, 0.1) is 0 Å². The highest BCUT2D eigenvalue weighted by Crippen LogP contribution is 2.51. The van der Waals surface area contributed by atoms with Crippen molar-refractivity contribution >= 4 is 119 Å². The average Bonchev–Trinajstić information content (AvgIpc) is 3.96. The standard InChI is InChI=1S/C51H31N3S/c1-2-14-32-28-33(25-24-30(32)12-1)40-19-11-22-43(47-37-18-7-10-23-45(37)55-51(47)52-40)54-44-27-26-31-13-3-4-15-34(31)46(44)39-29-38-35-16-5-8-20-41(35)53-42-21-9-6-17-36(42)48(49(38)53)50(39)54/h1-10,12-18,20-29H,11,19H2. The van der Waals surface area contributed by atoms with Gasteiger partial charge in [-0.1, -0.05) is 127 Å². The predicted molar refractivity (Wildman–Crippen MR) is 236 cm³/mol. The van der Waals surface area contributed by atoms with Crippen molar-refractivity contribution in [1.29, 1.82) is 0 Å². The summed E-state index contributed by atoms with van der Waals surface area (Å²) in [6.07, 6.45) is 4.23. The van der Waals surface area contributed by atoms with Crippen molar-refractivity contribution in [2.75, 3.05) is 0 Å². The third-order valence-electron chi connectivity index (χ3n) is 12.1. The number of allylic oxidation sites excluding steroid dienone is 1. The van der Waals surface area contributed by atoms with E-state index in [0.29, 0.717) is 0 Å². The summed E-state index contributed by atoms with van der Waals surface area (Å²) in [5.41, 5.74) is 11.0. The maximum atomic E-state index is 5.63. The lowest BCUT2D eigenvalue weighted by Gasteiger charge is -2.18. The molecule has 0 radical (unpaired) electrons. The number of para-hydroxylation sites is 2. The zero-order chi connectivity index (χ0) is 35.8. The van der Waals surface area contributed by atoms with Gasteiger partial charge in [0.05, 0.1) is 33.3 Å². The van der Waals surface area contributed by atoms with Crippen LogP contribution in [-0.4, -0.2) is 14.7 Å². The number of rotatable bonds is 2. The van der Waals surface area contributed by atoms with Crippen molar-refractivity contribution in [3.8, 4) is 0 Å². The number of nitrogens with zero attached hydrogens (tertiary/aromatic N) is 3. The highest BCUT2D eigenvalue weighted by Gasteiger charge is 2.28. The first-order valence-corrected chi connectivity index (χ1v) is 19.9. The molecule has 0 aliphatic carbocycles. The molecule has 0 bridgehead atoms. The zero-order valence-electron chi connectivity index (χ0n) is 29.8. The Labute approximate surface area is 319 Å². The second-order valence-corrected chi connectivity index (χ2v) is 16.0. The molecular formula is C51H31N3S. The largest absolute Gasteiger partial charge is 0.308 e. The molecule has 13 rings (SSSR count). The number of benzene rings is 8. The van der Waals surface area contributed by atoms with E-state index in [9.17, 15) is 0 Å². The second-order valence-electron chi connectivity index (χ2n) is 15.0. The highest BCUT2D eigenvalue weighted by atomic mass is 32.1. The fourth-order valence-electron chi connectivity index (χ4n) is 9.79. The van der Waals surface area contributed by atoms with Gasteiger partial charge in [-0.3, -0.25) is 0 Å². The molecule has 0 unspecified atom stereocenters. The minimum atomic E-state index is 0.851. The number of hydrogen-bond acceptors (Lipinski definition) is 2. The zero-order valence-corrected chi connectivity index (χ0v) is 30.6. The predicted octanol–water partition coefficient (Wildman–Crippen LogP) is 14.3. The van der Waals surface area contributed by atoms with E-state index < -0.39 is 0 Å². The smallest absolute Gasteiger partial charge is 0.126 e. The van der Waals surface area contributed by atoms with Crippen LogP contribution in [0.2, 0.25) is 0 Å². The van der Waals surface area contributed by atoms with E-state index in [1.807, 2.05) is 11.3 Å². The van der Waals surface area contributed by atoms with E-state index >= 15 is 0 Å². The van der Waals surface area contributed by atoms with E-state index in [-0.39, 0.29) is 0 Å². The minimum absolute atomic E-state index is 0.851. The van der Waals surface area contributed by atoms with Gasteiger partial charge in [-0.25, -0.2) is 4.99 Å². The number of fused-ring (bicyclic) bond motifs is 16. The van der Waals surface area contributed by atoms with Gasteiger partial charge in [-0.05, 0) is 76.3 Å². The van der Waals surface area contributed by atoms with Crippen molar-refractivity contribution < 1.29 is 0 Å². The van der Waals surface area contributed by atoms with Gasteiger partial charge >= 0.3 is 0 Å². The van der Waals surface area contributed by atoms with E-state index in [4.69, 9.17) is 4.99 Å². The van der Waals surface area contributed by atoms with E-state index in [1.165, 1.54) is 108 Å². The first-order chi connectivity index (χ1) is 27.3. The van der Waals surface area contributed by atoms with Crippen molar-refractivity contribution in [3.05, 3.63) is 175 Å². The Morgan fingerprint density at radius 2 is 1.18 bits per heavy atom. The van der Waals surface area contributed by atoms with Crippen molar-refractivity contribution in [2.45, 2.75) is 12.8 Å². The second kappa shape index (κ2) is 10.9. The lowest BCUT2D eigenvalue weighted by molar-refractivity contribution is 1.07. The quantitative estimate of drug-likeness (QED) is 0.170. The van der Waals surface area contributed by atoms with Gasteiger partial charge in [0.1, 0.15) is 5.00 Å². The summed E-state index contributed by atoms with van der Waals surface area (Å²) in [5, 5.41) is 15.1. The molecule has 0 fully saturated rings. The SMILES string of the molecule is C1=C(n2c3ccc4ccccc4c3c3cc4c5ccccc5n5c6ccccc6c(c32)c45)c2c(sc3ccccc23)N=C(c2ccc3ccccc3c2)CC1. The van der Waals surface area contributed by atoms with Crippen LogP contribution < -0.4 is 0 Å². The molecule has 256 valence electrons. The Hall–Kier alpha value is -6.75. The minimum Gasteiger partial charge on any atom is -0.308 e. The van der Waals surface area contributed by atoms with Crippen molar-refractivity contribution in [2.24, 2.45) is 4.99 Å². The number of thiophene rings is 1. The van der Waals surface area contributed by atoms with Crippen LogP contribution in [0.4, 0.5) is 5.00 Å². The van der Waals surface area contributed by atoms with Gasteiger partial charge in [0.25, 0.3) is 0 Å². The Balaban J connectivity index is 1.20. The summed E-state index contributed by atoms with van der Waals surface area (Å²) in [5.74, 6) is 0. The van der Waals surface area contributed by atoms with Gasteiger partial charge in [0.2, 0.25) is 0 Å². The molecule has 4 aromatic heterocycles. The molecule has 12 aromatic rings. The Bertz CT molecular complexity index is 3660. The van der Waals surface area contributed by atoms with Gasteiger partial charge in [0.15, 0.2) is 0 Å². The molecular weight excluding hydrogens is 687 g/mol. The number of aliphatic imine (C=N–C) groups is 1. The molecule has 0 amide bonds. The molecule has 55 heavy (non-hydrogen) atoms. The first kappa shape index (κ1) is 29.7. The Kier molecular flexibility index (Phi) is 5.89. The molecule has 0 saturated heterocycles. The molecule has 0 atom stereocenters. The summed E-state index contributed by atoms with van der Waals surface area (Å²) in [6.45, 7) is 0. The summed E-state index contributed by atoms with van der Waals surface area (Å²) in [4.78, 5) is 5.63. The van der Waals surface area contributed by atoms with Crippen LogP contribution in [0.25, 0.3) is 97.2 Å². The van der Waals surface area contributed by atoms with E-state index in [1.54, 1.807) is 0 Å².